The predicted octanol–water partition coefficient (Wildman–Crippen LogP) is 5.31. The molecule has 1 unspecified atom stereocenters. The van der Waals surface area contributed by atoms with Crippen molar-refractivity contribution in [3.05, 3.63) is 70.1 Å². The van der Waals surface area contributed by atoms with Crippen molar-refractivity contribution in [2.24, 2.45) is 0 Å². The highest BCUT2D eigenvalue weighted by molar-refractivity contribution is 6.31. The number of hydrogen-bond donors (Lipinski definition) is 0. The van der Waals surface area contributed by atoms with Crippen LogP contribution in [0.15, 0.2) is 46.9 Å². The van der Waals surface area contributed by atoms with Crippen LogP contribution in [-0.2, 0) is 27.3 Å². The number of oxazole rings is 1. The van der Waals surface area contributed by atoms with E-state index >= 15 is 0 Å². The van der Waals surface area contributed by atoms with Crippen LogP contribution in [0.2, 0.25) is 5.02 Å². The Morgan fingerprint density at radius 3 is 2.65 bits per heavy atom. The zero-order valence-corrected chi connectivity index (χ0v) is 18.9. The lowest BCUT2D eigenvalue weighted by atomic mass is 10.1. The lowest BCUT2D eigenvalue weighted by molar-refractivity contribution is -0.153. The topological polar surface area (TPSA) is 70.8 Å². The largest absolute Gasteiger partial charge is 0.487 e. The highest BCUT2D eigenvalue weighted by atomic mass is 35.5. The Kier molecular flexibility index (Phi) is 7.71. The van der Waals surface area contributed by atoms with Gasteiger partial charge in [0.1, 0.15) is 23.8 Å². The van der Waals surface area contributed by atoms with Gasteiger partial charge in [-0.05, 0) is 50.1 Å². The Balaban J connectivity index is 1.68. The van der Waals surface area contributed by atoms with E-state index in [9.17, 15) is 4.79 Å². The molecule has 6 nitrogen and oxygen atoms in total. The van der Waals surface area contributed by atoms with Gasteiger partial charge in [0.15, 0.2) is 6.10 Å². The lowest BCUT2D eigenvalue weighted by Crippen LogP contribution is -2.28. The van der Waals surface area contributed by atoms with E-state index in [1.807, 2.05) is 51.1 Å². The summed E-state index contributed by atoms with van der Waals surface area (Å²) in [6.07, 6.45) is -0.376. The van der Waals surface area contributed by atoms with Crippen molar-refractivity contribution in [2.75, 3.05) is 13.7 Å². The van der Waals surface area contributed by atoms with Gasteiger partial charge < -0.3 is 18.6 Å². The van der Waals surface area contributed by atoms with Crippen LogP contribution in [-0.4, -0.2) is 30.8 Å². The quantitative estimate of drug-likeness (QED) is 0.417. The summed E-state index contributed by atoms with van der Waals surface area (Å²) in [4.78, 5) is 16.5. The van der Waals surface area contributed by atoms with Crippen molar-refractivity contribution >= 4 is 17.6 Å². The first-order valence-electron chi connectivity index (χ1n) is 10.1. The maximum Gasteiger partial charge on any atom is 0.335 e. The third-order valence-corrected chi connectivity index (χ3v) is 5.26. The molecule has 0 spiro atoms. The van der Waals surface area contributed by atoms with Gasteiger partial charge in [-0.25, -0.2) is 9.78 Å². The summed E-state index contributed by atoms with van der Waals surface area (Å²) in [6.45, 7) is 6.36. The molecular weight excluding hydrogens is 418 g/mol. The molecule has 164 valence electrons. The monoisotopic (exact) mass is 443 g/mol. The zero-order valence-electron chi connectivity index (χ0n) is 18.1. The van der Waals surface area contributed by atoms with Crippen molar-refractivity contribution in [3.63, 3.8) is 0 Å². The smallest absolute Gasteiger partial charge is 0.335 e. The van der Waals surface area contributed by atoms with E-state index in [0.29, 0.717) is 35.5 Å². The van der Waals surface area contributed by atoms with Crippen LogP contribution in [0.3, 0.4) is 0 Å². The molecule has 0 saturated carbocycles. The molecule has 0 aliphatic carbocycles. The first-order valence-corrected chi connectivity index (χ1v) is 10.4. The van der Waals surface area contributed by atoms with Crippen LogP contribution in [0.5, 0.6) is 5.75 Å². The SMILES string of the molecule is CCOC(Cc1ccc(OCc2nc(-c3ccccc3C)oc2C)cc1Cl)C(=O)OC. The van der Waals surface area contributed by atoms with Gasteiger partial charge in [-0.2, -0.15) is 0 Å². The fourth-order valence-electron chi connectivity index (χ4n) is 3.17. The summed E-state index contributed by atoms with van der Waals surface area (Å²) in [7, 11) is 1.34. The molecule has 3 aromatic rings. The number of hydrogen-bond acceptors (Lipinski definition) is 6. The van der Waals surface area contributed by atoms with Gasteiger partial charge in [0, 0.05) is 23.6 Å². The molecule has 0 amide bonds. The van der Waals surface area contributed by atoms with Crippen LogP contribution in [0, 0.1) is 13.8 Å². The maximum atomic E-state index is 11.9. The highest BCUT2D eigenvalue weighted by Gasteiger charge is 2.21. The molecular formula is C24H26ClNO5. The van der Waals surface area contributed by atoms with Crippen LogP contribution in [0.25, 0.3) is 11.5 Å². The predicted molar refractivity (Wildman–Crippen MR) is 118 cm³/mol. The van der Waals surface area contributed by atoms with E-state index in [2.05, 4.69) is 4.98 Å². The number of rotatable bonds is 9. The Labute approximate surface area is 187 Å². The lowest BCUT2D eigenvalue weighted by Gasteiger charge is -2.16. The number of ether oxygens (including phenoxy) is 3. The van der Waals surface area contributed by atoms with E-state index in [4.69, 9.17) is 30.2 Å². The minimum atomic E-state index is -0.697. The van der Waals surface area contributed by atoms with E-state index in [1.54, 1.807) is 12.1 Å². The molecule has 0 saturated heterocycles. The molecule has 1 heterocycles. The van der Waals surface area contributed by atoms with Crippen LogP contribution >= 0.6 is 11.6 Å². The number of esters is 1. The number of methoxy groups -OCH3 is 1. The van der Waals surface area contributed by atoms with Gasteiger partial charge in [-0.3, -0.25) is 0 Å². The van der Waals surface area contributed by atoms with Gasteiger partial charge in [0.05, 0.1) is 7.11 Å². The average Bonchev–Trinajstić information content (AvgIpc) is 3.13. The van der Waals surface area contributed by atoms with Crippen molar-refractivity contribution in [3.8, 4) is 17.2 Å². The number of aryl methyl sites for hydroxylation is 2. The number of aromatic nitrogens is 1. The van der Waals surface area contributed by atoms with Gasteiger partial charge >= 0.3 is 5.97 Å². The summed E-state index contributed by atoms with van der Waals surface area (Å²) in [5.41, 5.74) is 3.55. The van der Waals surface area contributed by atoms with E-state index in [1.165, 1.54) is 7.11 Å². The number of carbonyl (C=O) groups excluding carboxylic acids is 1. The molecule has 0 aliphatic rings. The molecule has 1 atom stereocenters. The van der Waals surface area contributed by atoms with Crippen molar-refractivity contribution in [1.29, 1.82) is 0 Å². The Bertz CT molecular complexity index is 1050. The van der Waals surface area contributed by atoms with Gasteiger partial charge in [-0.1, -0.05) is 35.9 Å². The van der Waals surface area contributed by atoms with Crippen LogP contribution in [0.4, 0.5) is 0 Å². The van der Waals surface area contributed by atoms with E-state index in [0.717, 1.165) is 22.4 Å². The molecule has 3 rings (SSSR count). The summed E-state index contributed by atoms with van der Waals surface area (Å²) >= 11 is 6.41. The highest BCUT2D eigenvalue weighted by Crippen LogP contribution is 2.27. The molecule has 0 fully saturated rings. The van der Waals surface area contributed by atoms with Gasteiger partial charge in [0.25, 0.3) is 0 Å². The molecule has 1 aromatic heterocycles. The van der Waals surface area contributed by atoms with Crippen molar-refractivity contribution in [2.45, 2.75) is 39.9 Å². The Morgan fingerprint density at radius 1 is 1.19 bits per heavy atom. The molecule has 0 aliphatic heterocycles. The second kappa shape index (κ2) is 10.5. The average molecular weight is 444 g/mol. The van der Waals surface area contributed by atoms with E-state index < -0.39 is 12.1 Å². The Morgan fingerprint density at radius 2 is 1.97 bits per heavy atom. The molecule has 0 bridgehead atoms. The molecule has 7 heteroatoms. The molecule has 2 aromatic carbocycles. The number of halogens is 1. The first kappa shape index (κ1) is 22.8. The summed E-state index contributed by atoms with van der Waals surface area (Å²) in [5.74, 6) is 1.45. The Hall–Kier alpha value is -2.83. The number of carbonyl (C=O) groups is 1. The summed E-state index contributed by atoms with van der Waals surface area (Å²) < 4.78 is 22.0. The van der Waals surface area contributed by atoms with Crippen molar-refractivity contribution in [1.82, 2.24) is 4.98 Å². The molecule has 0 N–H and O–H groups in total. The van der Waals surface area contributed by atoms with E-state index in [-0.39, 0.29) is 6.61 Å². The standard InChI is InChI=1S/C24H26ClNO5/c1-5-29-22(24(27)28-4)12-17-10-11-18(13-20(17)25)30-14-21-16(3)31-23(26-21)19-9-7-6-8-15(19)2/h6-11,13,22H,5,12,14H2,1-4H3. The third-order valence-electron chi connectivity index (χ3n) is 4.91. The number of nitrogens with zero attached hydrogens (tertiary/aromatic N) is 1. The van der Waals surface area contributed by atoms with Gasteiger partial charge in [0.2, 0.25) is 5.89 Å². The number of benzene rings is 2. The van der Waals surface area contributed by atoms with Crippen molar-refractivity contribution < 1.29 is 23.4 Å². The molecule has 31 heavy (non-hydrogen) atoms. The minimum Gasteiger partial charge on any atom is -0.487 e. The second-order valence-electron chi connectivity index (χ2n) is 7.05. The maximum absolute atomic E-state index is 11.9. The minimum absolute atomic E-state index is 0.251. The molecule has 0 radical (unpaired) electrons. The summed E-state index contributed by atoms with van der Waals surface area (Å²) in [5, 5.41) is 0.489. The first-order chi connectivity index (χ1) is 14.9. The second-order valence-corrected chi connectivity index (χ2v) is 7.46. The zero-order chi connectivity index (χ0) is 22.4. The third kappa shape index (κ3) is 5.66. The van der Waals surface area contributed by atoms with Gasteiger partial charge in [-0.15, -0.1) is 0 Å². The fraction of sp³-hybridized carbons (Fsp3) is 0.333. The fourth-order valence-corrected chi connectivity index (χ4v) is 3.42. The van der Waals surface area contributed by atoms with Crippen LogP contribution < -0.4 is 4.74 Å². The van der Waals surface area contributed by atoms with Crippen LogP contribution in [0.1, 0.15) is 29.5 Å². The summed E-state index contributed by atoms with van der Waals surface area (Å²) in [6, 6.07) is 13.3. The normalized spacial score (nSPS) is 11.9.